The van der Waals surface area contributed by atoms with Crippen LogP contribution in [0.25, 0.3) is 45.2 Å². The van der Waals surface area contributed by atoms with Gasteiger partial charge in [-0.1, -0.05) is 46.1 Å². The van der Waals surface area contributed by atoms with E-state index in [4.69, 9.17) is 19.4 Å². The number of aliphatic hydroxyl groups is 2. The highest BCUT2D eigenvalue weighted by molar-refractivity contribution is 5.97. The Kier molecular flexibility index (Phi) is 11.7. The second-order valence-corrected chi connectivity index (χ2v) is 15.6. The fraction of sp³-hybridized carbons (Fsp3) is 0.467. The number of carbonyl (C=O) groups excluding carboxylic acids is 2. The molecule has 3 aromatic rings. The summed E-state index contributed by atoms with van der Waals surface area (Å²) in [6.07, 6.45) is 8.90. The molecule has 10 nitrogen and oxygen atoms in total. The monoisotopic (exact) mass is 748 g/mol. The average molecular weight is 749 g/mol. The number of aliphatic hydroxyl groups excluding tert-OH is 2. The highest BCUT2D eigenvalue weighted by Gasteiger charge is 2.41. The summed E-state index contributed by atoms with van der Waals surface area (Å²) >= 11 is 0. The molecule has 0 radical (unpaired) electrons. The predicted octanol–water partition coefficient (Wildman–Crippen LogP) is 8.88. The van der Waals surface area contributed by atoms with Crippen molar-refractivity contribution in [2.75, 3.05) is 13.7 Å². The van der Waals surface area contributed by atoms with Crippen LogP contribution in [0.5, 0.6) is 0 Å². The smallest absolute Gasteiger partial charge is 0.321 e. The van der Waals surface area contributed by atoms with Gasteiger partial charge >= 0.3 is 11.9 Å². The molecular formula is C45H56N4O6. The lowest BCUT2D eigenvalue weighted by atomic mass is 9.84. The standard InChI is InChI=1S/C45H56N4O6/c1-10-23(3)13-12-14-24(4)17-18-55-38(51)16-15-30-26(6)34-19-32-27(7)31(22-50)37(47-32)20-33-25(5)29(11-2)36(46-33)21-35-28(8)39-43(49-35)40(42(30)48-34)41(44(39)52)45(53)54-9/h17,19-23,26,30,41,47,49-50,52H,10-16,18H2,1-9H3/b24-17+,31-22?,34-19?,36-21?,37-20?/t23-,26+,30+,41-/m1/s1. The Morgan fingerprint density at radius 1 is 1.00 bits per heavy atom. The molecular weight excluding hydrogens is 693 g/mol. The number of aromatic amines is 2. The van der Waals surface area contributed by atoms with Gasteiger partial charge in [-0.25, -0.2) is 4.98 Å². The van der Waals surface area contributed by atoms with Crippen molar-refractivity contribution in [3.63, 3.8) is 0 Å². The lowest BCUT2D eigenvalue weighted by Crippen LogP contribution is -2.18. The van der Waals surface area contributed by atoms with Crippen LogP contribution in [-0.4, -0.2) is 55.8 Å². The zero-order valence-corrected chi connectivity index (χ0v) is 33.8. The summed E-state index contributed by atoms with van der Waals surface area (Å²) in [5, 5.41) is 23.4. The van der Waals surface area contributed by atoms with E-state index in [1.807, 2.05) is 38.1 Å². The molecule has 0 saturated heterocycles. The van der Waals surface area contributed by atoms with Gasteiger partial charge in [0.25, 0.3) is 0 Å². The molecule has 0 aromatic carbocycles. The molecule has 1 aliphatic carbocycles. The van der Waals surface area contributed by atoms with Gasteiger partial charge in [0.05, 0.1) is 41.5 Å². The number of methoxy groups -OCH3 is 1. The summed E-state index contributed by atoms with van der Waals surface area (Å²) in [5.41, 5.74) is 11.3. The first kappa shape index (κ1) is 39.6. The van der Waals surface area contributed by atoms with Gasteiger partial charge in [-0.3, -0.25) is 14.6 Å². The average Bonchev–Trinajstić information content (AvgIpc) is 3.90. The molecule has 8 bridgehead atoms. The molecule has 3 aliphatic rings. The van der Waals surface area contributed by atoms with Crippen LogP contribution >= 0.6 is 0 Å². The molecule has 10 heteroatoms. The second kappa shape index (κ2) is 16.3. The molecule has 0 fully saturated rings. The number of allylic oxidation sites excluding steroid dienone is 3. The summed E-state index contributed by atoms with van der Waals surface area (Å²) in [6, 6.07) is 5.93. The Bertz CT molecular complexity index is 2380. The molecule has 55 heavy (non-hydrogen) atoms. The maximum atomic E-state index is 13.5. The van der Waals surface area contributed by atoms with E-state index < -0.39 is 11.9 Å². The van der Waals surface area contributed by atoms with Gasteiger partial charge in [-0.2, -0.15) is 0 Å². The lowest BCUT2D eigenvalue weighted by molar-refractivity contribution is -0.143. The van der Waals surface area contributed by atoms with E-state index in [0.29, 0.717) is 39.6 Å². The highest BCUT2D eigenvalue weighted by Crippen LogP contribution is 2.46. The number of esters is 2. The summed E-state index contributed by atoms with van der Waals surface area (Å²) in [4.78, 5) is 44.1. The van der Waals surface area contributed by atoms with E-state index in [-0.39, 0.29) is 36.6 Å². The first-order valence-electron chi connectivity index (χ1n) is 19.7. The zero-order valence-electron chi connectivity index (χ0n) is 33.8. The largest absolute Gasteiger partial charge is 0.515 e. The van der Waals surface area contributed by atoms with Crippen molar-refractivity contribution >= 4 is 57.2 Å². The summed E-state index contributed by atoms with van der Waals surface area (Å²) in [6.45, 7) is 16.9. The molecule has 4 atom stereocenters. The fourth-order valence-corrected chi connectivity index (χ4v) is 8.40. The van der Waals surface area contributed by atoms with Gasteiger partial charge in [0.2, 0.25) is 0 Å². The van der Waals surface area contributed by atoms with Crippen LogP contribution in [0.4, 0.5) is 0 Å². The quantitative estimate of drug-likeness (QED) is 0.106. The van der Waals surface area contributed by atoms with Crippen molar-refractivity contribution in [1.29, 1.82) is 0 Å². The first-order chi connectivity index (χ1) is 26.3. The molecule has 0 amide bonds. The number of nitrogens with zero attached hydrogens (tertiary/aromatic N) is 2. The Labute approximate surface area is 323 Å². The molecule has 4 N–H and O–H groups in total. The Hall–Kier alpha value is -5.12. The number of nitrogens with one attached hydrogen (secondary N) is 2. The predicted molar refractivity (Wildman–Crippen MR) is 219 cm³/mol. The summed E-state index contributed by atoms with van der Waals surface area (Å²) in [5.74, 6) is -1.83. The maximum Gasteiger partial charge on any atom is 0.321 e. The number of hydrogen-bond acceptors (Lipinski definition) is 8. The van der Waals surface area contributed by atoms with Crippen LogP contribution in [0.2, 0.25) is 0 Å². The van der Waals surface area contributed by atoms with Gasteiger partial charge in [0.1, 0.15) is 18.3 Å². The van der Waals surface area contributed by atoms with Crippen LogP contribution in [-0.2, 0) is 19.1 Å². The topological polar surface area (TPSA) is 150 Å². The normalized spacial score (nSPS) is 19.0. The summed E-state index contributed by atoms with van der Waals surface area (Å²) < 4.78 is 11.0. The third kappa shape index (κ3) is 7.48. The van der Waals surface area contributed by atoms with Crippen LogP contribution in [0.3, 0.4) is 0 Å². The van der Waals surface area contributed by atoms with Crippen LogP contribution in [0.1, 0.15) is 144 Å². The molecule has 292 valence electrons. The van der Waals surface area contributed by atoms with E-state index >= 15 is 0 Å². The SMILES string of the molecule is CCC1=C(C)c2cc3[nH]c(cc4nc(c5c6[nH]c(cc1n2)c(C)c6=C(O)[C@@H]5C(=O)OC)[C@@H](CCC(=O)OC/C=C(\C)CCC[C@H](C)CC)[C@@H]4C)c(C)c3=CO. The third-order valence-corrected chi connectivity index (χ3v) is 12.2. The Balaban J connectivity index is 1.49. The Morgan fingerprint density at radius 2 is 1.73 bits per heavy atom. The van der Waals surface area contributed by atoms with Crippen molar-refractivity contribution in [1.82, 2.24) is 19.9 Å². The zero-order chi connectivity index (χ0) is 39.7. The molecule has 3 aromatic heterocycles. The van der Waals surface area contributed by atoms with Crippen molar-refractivity contribution in [2.45, 2.75) is 118 Å². The molecule has 0 unspecified atom stereocenters. The van der Waals surface area contributed by atoms with Gasteiger partial charge < -0.3 is 29.7 Å². The number of rotatable bonds is 12. The van der Waals surface area contributed by atoms with Gasteiger partial charge in [0, 0.05) is 51.0 Å². The minimum absolute atomic E-state index is 0.0898. The number of aromatic nitrogens is 4. The molecule has 2 aliphatic heterocycles. The van der Waals surface area contributed by atoms with Gasteiger partial charge in [-0.05, 0) is 106 Å². The number of ether oxygens (including phenoxy) is 2. The minimum Gasteiger partial charge on any atom is -0.515 e. The fourth-order valence-electron chi connectivity index (χ4n) is 8.40. The van der Waals surface area contributed by atoms with Crippen molar-refractivity contribution in [3.05, 3.63) is 79.8 Å². The molecule has 0 saturated carbocycles. The molecule has 5 heterocycles. The van der Waals surface area contributed by atoms with Gasteiger partial charge in [0.15, 0.2) is 0 Å². The van der Waals surface area contributed by atoms with E-state index in [1.54, 1.807) is 0 Å². The van der Waals surface area contributed by atoms with Crippen molar-refractivity contribution in [2.24, 2.45) is 5.92 Å². The summed E-state index contributed by atoms with van der Waals surface area (Å²) in [7, 11) is 1.32. The number of carbonyl (C=O) groups is 2. The van der Waals surface area contributed by atoms with E-state index in [0.717, 1.165) is 81.4 Å². The van der Waals surface area contributed by atoms with E-state index in [1.165, 1.54) is 25.5 Å². The third-order valence-electron chi connectivity index (χ3n) is 12.2. The highest BCUT2D eigenvalue weighted by atomic mass is 16.5. The second-order valence-electron chi connectivity index (χ2n) is 15.6. The number of aryl methyl sites for hydroxylation is 2. The molecule has 6 rings (SSSR count). The van der Waals surface area contributed by atoms with Crippen molar-refractivity contribution < 1.29 is 29.3 Å². The number of fused-ring (bicyclic) bond motifs is 8. The van der Waals surface area contributed by atoms with Crippen LogP contribution in [0.15, 0.2) is 29.8 Å². The van der Waals surface area contributed by atoms with Crippen LogP contribution < -0.4 is 10.4 Å². The van der Waals surface area contributed by atoms with Crippen LogP contribution in [0, 0.1) is 19.8 Å². The maximum absolute atomic E-state index is 13.5. The van der Waals surface area contributed by atoms with Gasteiger partial charge in [-0.15, -0.1) is 0 Å². The number of hydrogen-bond donors (Lipinski definition) is 4. The van der Waals surface area contributed by atoms with E-state index in [9.17, 15) is 19.8 Å². The lowest BCUT2D eigenvalue weighted by Gasteiger charge is -2.19. The number of H-pyrrole nitrogens is 2. The Morgan fingerprint density at radius 3 is 2.42 bits per heavy atom. The minimum atomic E-state index is -1.09. The van der Waals surface area contributed by atoms with E-state index in [2.05, 4.69) is 51.5 Å². The first-order valence-corrected chi connectivity index (χ1v) is 19.7. The van der Waals surface area contributed by atoms with Crippen molar-refractivity contribution in [3.8, 4) is 0 Å². The molecule has 0 spiro atoms.